The molecule has 0 spiro atoms. The smallest absolute Gasteiger partial charge is 0.0348 e. The Balaban J connectivity index is 1.67. The van der Waals surface area contributed by atoms with E-state index >= 15 is 0 Å². The van der Waals surface area contributed by atoms with E-state index in [1.165, 1.54) is 64.8 Å². The monoisotopic (exact) mass is 237 g/mol. The second kappa shape index (κ2) is 5.25. The lowest BCUT2D eigenvalue weighted by atomic mass is 9.95. The third-order valence-electron chi connectivity index (χ3n) is 4.96. The Morgan fingerprint density at radius 2 is 2.06 bits per heavy atom. The third-order valence-corrected chi connectivity index (χ3v) is 4.96. The van der Waals surface area contributed by atoms with Gasteiger partial charge in [0.05, 0.1) is 0 Å². The van der Waals surface area contributed by atoms with Crippen LogP contribution in [0.15, 0.2) is 0 Å². The van der Waals surface area contributed by atoms with Crippen molar-refractivity contribution in [2.45, 2.75) is 57.2 Å². The van der Waals surface area contributed by atoms with Gasteiger partial charge in [-0.05, 0) is 38.8 Å². The number of fused-ring (bicyclic) bond motifs is 1. The predicted molar refractivity (Wildman–Crippen MR) is 71.3 cm³/mol. The first-order chi connectivity index (χ1) is 8.40. The molecular weight excluding hydrogens is 210 g/mol. The van der Waals surface area contributed by atoms with Crippen molar-refractivity contribution in [1.29, 1.82) is 0 Å². The molecule has 3 rings (SSSR count). The Hall–Kier alpha value is -0.120. The van der Waals surface area contributed by atoms with Crippen LogP contribution in [-0.4, -0.2) is 60.6 Å². The van der Waals surface area contributed by atoms with E-state index in [0.717, 1.165) is 18.1 Å². The first kappa shape index (κ1) is 11.9. The summed E-state index contributed by atoms with van der Waals surface area (Å²) in [5, 5.41) is 3.44. The number of nitrogens with one attached hydrogen (secondary N) is 1. The van der Waals surface area contributed by atoms with Crippen LogP contribution in [-0.2, 0) is 0 Å². The number of nitrogens with zero attached hydrogens (tertiary/aromatic N) is 2. The molecule has 0 aromatic carbocycles. The standard InChI is InChI=1S/C14H27N3/c1-2-7-17(12-10-15-11-12)14-6-9-16-8-4-3-5-13(14)16/h12-15H,2-11H2,1H3. The highest BCUT2D eigenvalue weighted by molar-refractivity contribution is 4.99. The van der Waals surface area contributed by atoms with Gasteiger partial charge in [0.15, 0.2) is 0 Å². The zero-order valence-electron chi connectivity index (χ0n) is 11.2. The van der Waals surface area contributed by atoms with Crippen molar-refractivity contribution < 1.29 is 0 Å². The molecule has 3 nitrogen and oxygen atoms in total. The molecule has 2 atom stereocenters. The minimum absolute atomic E-state index is 0.835. The van der Waals surface area contributed by atoms with E-state index in [1.54, 1.807) is 0 Å². The van der Waals surface area contributed by atoms with Gasteiger partial charge in [0, 0.05) is 37.8 Å². The molecule has 0 saturated carbocycles. The van der Waals surface area contributed by atoms with Crippen molar-refractivity contribution in [3.63, 3.8) is 0 Å². The SMILES string of the molecule is CCCN(C1CNC1)C1CCN2CCCCC12. The highest BCUT2D eigenvalue weighted by Crippen LogP contribution is 2.32. The fourth-order valence-corrected chi connectivity index (χ4v) is 3.99. The summed E-state index contributed by atoms with van der Waals surface area (Å²) in [6.45, 7) is 8.81. The second-order valence-electron chi connectivity index (χ2n) is 6.01. The molecular formula is C14H27N3. The zero-order chi connectivity index (χ0) is 11.7. The molecule has 98 valence electrons. The van der Waals surface area contributed by atoms with Gasteiger partial charge in [0.1, 0.15) is 0 Å². The molecule has 3 heterocycles. The summed E-state index contributed by atoms with van der Waals surface area (Å²) in [4.78, 5) is 5.61. The largest absolute Gasteiger partial charge is 0.314 e. The normalized spacial score (nSPS) is 34.9. The molecule has 0 aromatic rings. The van der Waals surface area contributed by atoms with Crippen LogP contribution in [0.25, 0.3) is 0 Å². The molecule has 3 aliphatic rings. The molecule has 3 heteroatoms. The molecule has 17 heavy (non-hydrogen) atoms. The number of rotatable bonds is 4. The number of hydrogen-bond donors (Lipinski definition) is 1. The van der Waals surface area contributed by atoms with E-state index in [0.29, 0.717) is 0 Å². The maximum atomic E-state index is 3.44. The molecule has 0 radical (unpaired) electrons. The summed E-state index contributed by atoms with van der Waals surface area (Å²) < 4.78 is 0. The summed E-state index contributed by atoms with van der Waals surface area (Å²) in [6, 6.07) is 2.58. The molecule has 0 amide bonds. The minimum Gasteiger partial charge on any atom is -0.314 e. The van der Waals surface area contributed by atoms with Gasteiger partial charge in [-0.15, -0.1) is 0 Å². The van der Waals surface area contributed by atoms with E-state index in [1.807, 2.05) is 0 Å². The minimum atomic E-state index is 0.835. The Labute approximate surface area is 106 Å². The lowest BCUT2D eigenvalue weighted by molar-refractivity contribution is 0.0584. The molecule has 0 aliphatic carbocycles. The van der Waals surface area contributed by atoms with E-state index in [9.17, 15) is 0 Å². The Kier molecular flexibility index (Phi) is 3.69. The van der Waals surface area contributed by atoms with Crippen LogP contribution in [0.2, 0.25) is 0 Å². The summed E-state index contributed by atoms with van der Waals surface area (Å²) in [6.07, 6.45) is 7.06. The van der Waals surface area contributed by atoms with Crippen molar-refractivity contribution >= 4 is 0 Å². The summed E-state index contributed by atoms with van der Waals surface area (Å²) in [5.74, 6) is 0. The summed E-state index contributed by atoms with van der Waals surface area (Å²) in [7, 11) is 0. The molecule has 3 saturated heterocycles. The van der Waals surface area contributed by atoms with E-state index in [2.05, 4.69) is 22.0 Å². The topological polar surface area (TPSA) is 18.5 Å². The summed E-state index contributed by atoms with van der Waals surface area (Å²) in [5.41, 5.74) is 0. The maximum absolute atomic E-state index is 3.44. The second-order valence-corrected chi connectivity index (χ2v) is 6.01. The van der Waals surface area contributed by atoms with Gasteiger partial charge in [-0.25, -0.2) is 0 Å². The molecule has 0 bridgehead atoms. The van der Waals surface area contributed by atoms with Crippen molar-refractivity contribution in [3.8, 4) is 0 Å². The third kappa shape index (κ3) is 2.25. The lowest BCUT2D eigenvalue weighted by Crippen LogP contribution is -2.62. The Morgan fingerprint density at radius 1 is 1.18 bits per heavy atom. The molecule has 3 fully saturated rings. The van der Waals surface area contributed by atoms with Gasteiger partial charge in [-0.1, -0.05) is 13.3 Å². The van der Waals surface area contributed by atoms with E-state index in [-0.39, 0.29) is 0 Å². The average molecular weight is 237 g/mol. The fraction of sp³-hybridized carbons (Fsp3) is 1.00. The predicted octanol–water partition coefficient (Wildman–Crippen LogP) is 1.30. The van der Waals surface area contributed by atoms with Gasteiger partial charge in [0.2, 0.25) is 0 Å². The van der Waals surface area contributed by atoms with Crippen LogP contribution < -0.4 is 5.32 Å². The van der Waals surface area contributed by atoms with Crippen LogP contribution in [0.3, 0.4) is 0 Å². The van der Waals surface area contributed by atoms with E-state index < -0.39 is 0 Å². The van der Waals surface area contributed by atoms with E-state index in [4.69, 9.17) is 0 Å². The van der Waals surface area contributed by atoms with Gasteiger partial charge in [-0.2, -0.15) is 0 Å². The number of piperidine rings is 1. The fourth-order valence-electron chi connectivity index (χ4n) is 3.99. The van der Waals surface area contributed by atoms with Gasteiger partial charge in [-0.3, -0.25) is 9.80 Å². The maximum Gasteiger partial charge on any atom is 0.0348 e. The highest BCUT2D eigenvalue weighted by Gasteiger charge is 2.41. The van der Waals surface area contributed by atoms with Gasteiger partial charge >= 0.3 is 0 Å². The van der Waals surface area contributed by atoms with Gasteiger partial charge in [0.25, 0.3) is 0 Å². The van der Waals surface area contributed by atoms with Crippen LogP contribution in [0.4, 0.5) is 0 Å². The first-order valence-corrected chi connectivity index (χ1v) is 7.60. The van der Waals surface area contributed by atoms with Crippen molar-refractivity contribution in [2.75, 3.05) is 32.7 Å². The highest BCUT2D eigenvalue weighted by atomic mass is 15.3. The average Bonchev–Trinajstić information content (AvgIpc) is 2.69. The van der Waals surface area contributed by atoms with Crippen LogP contribution in [0.1, 0.15) is 39.0 Å². The Morgan fingerprint density at radius 3 is 2.76 bits per heavy atom. The quantitative estimate of drug-likeness (QED) is 0.795. The Bertz CT molecular complexity index is 252. The summed E-state index contributed by atoms with van der Waals surface area (Å²) >= 11 is 0. The molecule has 0 aromatic heterocycles. The number of hydrogen-bond acceptors (Lipinski definition) is 3. The van der Waals surface area contributed by atoms with Crippen molar-refractivity contribution in [1.82, 2.24) is 15.1 Å². The van der Waals surface area contributed by atoms with Crippen LogP contribution >= 0.6 is 0 Å². The molecule has 1 N–H and O–H groups in total. The molecule has 2 unspecified atom stereocenters. The van der Waals surface area contributed by atoms with Crippen molar-refractivity contribution in [3.05, 3.63) is 0 Å². The van der Waals surface area contributed by atoms with Crippen LogP contribution in [0, 0.1) is 0 Å². The lowest BCUT2D eigenvalue weighted by Gasteiger charge is -2.45. The zero-order valence-corrected chi connectivity index (χ0v) is 11.2. The van der Waals surface area contributed by atoms with Crippen LogP contribution in [0.5, 0.6) is 0 Å². The van der Waals surface area contributed by atoms with Crippen molar-refractivity contribution in [2.24, 2.45) is 0 Å². The van der Waals surface area contributed by atoms with Gasteiger partial charge < -0.3 is 5.32 Å². The first-order valence-electron chi connectivity index (χ1n) is 7.60. The molecule has 3 aliphatic heterocycles.